The number of amides is 2. The molecule has 0 aliphatic carbocycles. The van der Waals surface area contributed by atoms with Gasteiger partial charge in [-0.15, -0.1) is 23.1 Å². The minimum Gasteiger partial charge on any atom is -0.353 e. The summed E-state index contributed by atoms with van der Waals surface area (Å²) in [7, 11) is 0. The van der Waals surface area contributed by atoms with Crippen LogP contribution < -0.4 is 10.2 Å². The minimum absolute atomic E-state index is 0.0112. The highest BCUT2D eigenvalue weighted by atomic mass is 32.2. The molecule has 7 heteroatoms. The summed E-state index contributed by atoms with van der Waals surface area (Å²) in [5, 5.41) is 5.18. The molecular formula is C20H23N3O2S2. The lowest BCUT2D eigenvalue weighted by molar-refractivity contribution is -0.123. The smallest absolute Gasteiger partial charge is 0.240 e. The Hall–Kier alpha value is -1.83. The molecule has 0 saturated carbocycles. The van der Waals surface area contributed by atoms with Crippen LogP contribution in [0.15, 0.2) is 40.6 Å². The number of hydrogen-bond acceptors (Lipinski definition) is 5. The van der Waals surface area contributed by atoms with Crippen molar-refractivity contribution in [2.24, 2.45) is 0 Å². The number of rotatable bonds is 5. The third kappa shape index (κ3) is 4.05. The number of thiophene rings is 1. The van der Waals surface area contributed by atoms with Gasteiger partial charge in [0.05, 0.1) is 11.4 Å². The van der Waals surface area contributed by atoms with Gasteiger partial charge in [0, 0.05) is 35.4 Å². The molecule has 0 fully saturated rings. The Morgan fingerprint density at radius 3 is 3.04 bits per heavy atom. The molecule has 2 amide bonds. The van der Waals surface area contributed by atoms with Crippen LogP contribution in [0.2, 0.25) is 0 Å². The van der Waals surface area contributed by atoms with Gasteiger partial charge in [-0.2, -0.15) is 0 Å². The molecule has 1 atom stereocenters. The van der Waals surface area contributed by atoms with E-state index in [0.29, 0.717) is 12.3 Å². The second-order valence-electron chi connectivity index (χ2n) is 6.98. The van der Waals surface area contributed by atoms with Gasteiger partial charge >= 0.3 is 0 Å². The van der Waals surface area contributed by atoms with Gasteiger partial charge in [0.25, 0.3) is 0 Å². The van der Waals surface area contributed by atoms with E-state index in [1.165, 1.54) is 22.2 Å². The fourth-order valence-electron chi connectivity index (χ4n) is 3.56. The summed E-state index contributed by atoms with van der Waals surface area (Å²) in [4.78, 5) is 31.3. The SMILES string of the molecule is CC(CNC(=O)CN1C(=O)CSc2ccccc21)N1CCc2sccc2C1. The molecule has 27 heavy (non-hydrogen) atoms. The van der Waals surface area contributed by atoms with Gasteiger partial charge in [-0.1, -0.05) is 12.1 Å². The minimum atomic E-state index is -0.106. The largest absolute Gasteiger partial charge is 0.353 e. The molecule has 3 heterocycles. The van der Waals surface area contributed by atoms with Crippen molar-refractivity contribution in [2.45, 2.75) is 30.8 Å². The lowest BCUT2D eigenvalue weighted by Gasteiger charge is -2.33. The van der Waals surface area contributed by atoms with Crippen LogP contribution in [-0.2, 0) is 22.6 Å². The first-order valence-corrected chi connectivity index (χ1v) is 11.1. The summed E-state index contributed by atoms with van der Waals surface area (Å²) in [6.45, 7) is 4.80. The third-order valence-electron chi connectivity index (χ3n) is 5.17. The predicted octanol–water partition coefficient (Wildman–Crippen LogP) is 2.75. The maximum Gasteiger partial charge on any atom is 0.240 e. The highest BCUT2D eigenvalue weighted by molar-refractivity contribution is 8.00. The van der Waals surface area contributed by atoms with Crippen LogP contribution in [0.25, 0.3) is 0 Å². The van der Waals surface area contributed by atoms with Crippen molar-refractivity contribution in [1.82, 2.24) is 10.2 Å². The van der Waals surface area contributed by atoms with E-state index in [9.17, 15) is 9.59 Å². The zero-order valence-electron chi connectivity index (χ0n) is 15.3. The summed E-state index contributed by atoms with van der Waals surface area (Å²) in [5.41, 5.74) is 2.25. The Morgan fingerprint density at radius 2 is 2.15 bits per heavy atom. The molecule has 0 radical (unpaired) electrons. The van der Waals surface area contributed by atoms with Crippen LogP contribution in [0.3, 0.4) is 0 Å². The van der Waals surface area contributed by atoms with E-state index >= 15 is 0 Å². The quantitative estimate of drug-likeness (QED) is 0.837. The van der Waals surface area contributed by atoms with Crippen molar-refractivity contribution in [3.63, 3.8) is 0 Å². The number of para-hydroxylation sites is 1. The fraction of sp³-hybridized carbons (Fsp3) is 0.400. The van der Waals surface area contributed by atoms with E-state index in [1.54, 1.807) is 4.90 Å². The fourth-order valence-corrected chi connectivity index (χ4v) is 5.39. The number of benzene rings is 1. The predicted molar refractivity (Wildman–Crippen MR) is 110 cm³/mol. The second-order valence-corrected chi connectivity index (χ2v) is 9.00. The zero-order chi connectivity index (χ0) is 18.8. The van der Waals surface area contributed by atoms with Crippen LogP contribution in [-0.4, -0.2) is 48.1 Å². The highest BCUT2D eigenvalue weighted by Gasteiger charge is 2.27. The summed E-state index contributed by atoms with van der Waals surface area (Å²) in [6.07, 6.45) is 1.09. The Kier molecular flexibility index (Phi) is 5.52. The zero-order valence-corrected chi connectivity index (χ0v) is 16.9. The molecular weight excluding hydrogens is 378 g/mol. The topological polar surface area (TPSA) is 52.7 Å². The maximum atomic E-state index is 12.5. The van der Waals surface area contributed by atoms with Crippen molar-refractivity contribution in [3.8, 4) is 0 Å². The number of fused-ring (bicyclic) bond motifs is 2. The molecule has 1 N–H and O–H groups in total. The Labute approximate surface area is 167 Å². The molecule has 4 rings (SSSR count). The van der Waals surface area contributed by atoms with Crippen molar-refractivity contribution in [3.05, 3.63) is 46.2 Å². The van der Waals surface area contributed by atoms with Gasteiger partial charge < -0.3 is 10.2 Å². The normalized spacial score (nSPS) is 18.0. The number of anilines is 1. The highest BCUT2D eigenvalue weighted by Crippen LogP contribution is 2.34. The Morgan fingerprint density at radius 1 is 1.30 bits per heavy atom. The molecule has 1 aromatic carbocycles. The van der Waals surface area contributed by atoms with Crippen LogP contribution in [0.1, 0.15) is 17.4 Å². The van der Waals surface area contributed by atoms with E-state index < -0.39 is 0 Å². The lowest BCUT2D eigenvalue weighted by atomic mass is 10.1. The number of carbonyl (C=O) groups is 2. The first-order chi connectivity index (χ1) is 13.1. The van der Waals surface area contributed by atoms with E-state index in [2.05, 4.69) is 28.6 Å². The Bertz CT molecular complexity index is 851. The van der Waals surface area contributed by atoms with E-state index in [4.69, 9.17) is 0 Å². The standard InChI is InChI=1S/C20H23N3O2S2/c1-14(22-8-6-17-15(11-22)7-9-26-17)10-21-19(24)12-23-16-4-2-3-5-18(16)27-13-20(23)25/h2-5,7,9,14H,6,8,10-13H2,1H3,(H,21,24). The molecule has 2 aliphatic heterocycles. The first-order valence-electron chi connectivity index (χ1n) is 9.20. The molecule has 2 aliphatic rings. The number of nitrogens with one attached hydrogen (secondary N) is 1. The molecule has 142 valence electrons. The summed E-state index contributed by atoms with van der Waals surface area (Å²) >= 11 is 3.37. The summed E-state index contributed by atoms with van der Waals surface area (Å²) in [6, 6.07) is 10.2. The van der Waals surface area contributed by atoms with Gasteiger partial charge in [0.1, 0.15) is 6.54 Å². The average Bonchev–Trinajstić information content (AvgIpc) is 3.16. The van der Waals surface area contributed by atoms with Crippen molar-refractivity contribution >= 4 is 40.6 Å². The van der Waals surface area contributed by atoms with Gasteiger partial charge in [0.15, 0.2) is 0 Å². The van der Waals surface area contributed by atoms with Gasteiger partial charge in [0.2, 0.25) is 11.8 Å². The Balaban J connectivity index is 1.32. The van der Waals surface area contributed by atoms with Crippen molar-refractivity contribution in [1.29, 1.82) is 0 Å². The molecule has 2 aromatic rings. The van der Waals surface area contributed by atoms with E-state index in [-0.39, 0.29) is 24.4 Å². The number of thioether (sulfide) groups is 1. The summed E-state index contributed by atoms with van der Waals surface area (Å²) in [5.74, 6) is 0.269. The van der Waals surface area contributed by atoms with Crippen LogP contribution in [0.5, 0.6) is 0 Å². The van der Waals surface area contributed by atoms with Crippen molar-refractivity contribution < 1.29 is 9.59 Å². The van der Waals surface area contributed by atoms with Gasteiger partial charge in [-0.25, -0.2) is 0 Å². The lowest BCUT2D eigenvalue weighted by Crippen LogP contribution is -2.48. The van der Waals surface area contributed by atoms with Crippen LogP contribution in [0.4, 0.5) is 5.69 Å². The maximum absolute atomic E-state index is 12.5. The first kappa shape index (κ1) is 18.5. The third-order valence-corrected chi connectivity index (χ3v) is 7.24. The van der Waals surface area contributed by atoms with E-state index in [1.807, 2.05) is 35.6 Å². The molecule has 1 unspecified atom stereocenters. The van der Waals surface area contributed by atoms with Crippen LogP contribution in [0, 0.1) is 0 Å². The van der Waals surface area contributed by atoms with Crippen molar-refractivity contribution in [2.75, 3.05) is 30.3 Å². The molecule has 0 spiro atoms. The van der Waals surface area contributed by atoms with Crippen LogP contribution >= 0.6 is 23.1 Å². The van der Waals surface area contributed by atoms with Gasteiger partial charge in [-0.3, -0.25) is 14.5 Å². The summed E-state index contributed by atoms with van der Waals surface area (Å²) < 4.78 is 0. The second kappa shape index (κ2) is 8.04. The van der Waals surface area contributed by atoms with Gasteiger partial charge in [-0.05, 0) is 42.5 Å². The monoisotopic (exact) mass is 401 g/mol. The number of carbonyl (C=O) groups excluding carboxylic acids is 2. The molecule has 0 bridgehead atoms. The number of nitrogens with zero attached hydrogens (tertiary/aromatic N) is 2. The number of hydrogen-bond donors (Lipinski definition) is 1. The molecule has 0 saturated heterocycles. The average molecular weight is 402 g/mol. The molecule has 1 aromatic heterocycles. The molecule has 5 nitrogen and oxygen atoms in total. The van der Waals surface area contributed by atoms with E-state index in [0.717, 1.165) is 30.1 Å².